The Morgan fingerprint density at radius 3 is 1.62 bits per heavy atom. The average Bonchev–Trinajstić information content (AvgIpc) is 2.80. The topological polar surface area (TPSA) is 120 Å². The molecule has 0 unspecified atom stereocenters. The van der Waals surface area contributed by atoms with Gasteiger partial charge in [0.15, 0.2) is 11.6 Å². The van der Waals surface area contributed by atoms with E-state index < -0.39 is 32.8 Å². The van der Waals surface area contributed by atoms with Gasteiger partial charge in [-0.05, 0) is 12.1 Å². The second-order valence-electron chi connectivity index (χ2n) is 4.99. The number of allylic oxidation sites excluding steroid dienone is 1. The number of nitro benzene ring substituents is 2. The van der Waals surface area contributed by atoms with Crippen molar-refractivity contribution in [3.63, 3.8) is 0 Å². The van der Waals surface area contributed by atoms with E-state index in [0.717, 1.165) is 18.2 Å². The molecule has 2 aromatic rings. The van der Waals surface area contributed by atoms with E-state index in [2.05, 4.69) is 0 Å². The van der Waals surface area contributed by atoms with Crippen molar-refractivity contribution < 1.29 is 19.4 Å². The summed E-state index contributed by atoms with van der Waals surface area (Å²) in [4.78, 5) is 45.4. The highest BCUT2D eigenvalue weighted by Gasteiger charge is 2.34. The Morgan fingerprint density at radius 2 is 1.21 bits per heavy atom. The van der Waals surface area contributed by atoms with E-state index in [1.54, 1.807) is 12.1 Å². The lowest BCUT2D eigenvalue weighted by atomic mass is 10.0. The molecule has 0 spiro atoms. The van der Waals surface area contributed by atoms with Crippen molar-refractivity contribution in [2.45, 2.75) is 0 Å². The van der Waals surface area contributed by atoms with Crippen LogP contribution in [0.15, 0.2) is 48.0 Å². The maximum absolute atomic E-state index is 12.3. The Labute approximate surface area is 134 Å². The molecule has 0 fully saturated rings. The summed E-state index contributed by atoms with van der Waals surface area (Å²) in [7, 11) is 0. The number of nitrogens with zero attached hydrogens (tertiary/aromatic N) is 2. The van der Waals surface area contributed by atoms with Crippen LogP contribution in [0.4, 0.5) is 11.4 Å². The number of hydrogen-bond acceptors (Lipinski definition) is 6. The first-order chi connectivity index (χ1) is 11.4. The Morgan fingerprint density at radius 1 is 0.750 bits per heavy atom. The van der Waals surface area contributed by atoms with Crippen LogP contribution in [-0.4, -0.2) is 21.4 Å². The minimum atomic E-state index is -0.795. The molecule has 0 bridgehead atoms. The lowest BCUT2D eigenvalue weighted by Crippen LogP contribution is -2.03. The zero-order chi connectivity index (χ0) is 17.4. The number of nitro groups is 2. The summed E-state index contributed by atoms with van der Waals surface area (Å²) in [6.07, 6.45) is 0.931. The minimum Gasteiger partial charge on any atom is -0.288 e. The lowest BCUT2D eigenvalue weighted by Gasteiger charge is -2.01. The van der Waals surface area contributed by atoms with Gasteiger partial charge in [-0.25, -0.2) is 0 Å². The fourth-order valence-electron chi connectivity index (χ4n) is 2.56. The molecule has 24 heavy (non-hydrogen) atoms. The number of rotatable bonds is 3. The van der Waals surface area contributed by atoms with Gasteiger partial charge < -0.3 is 0 Å². The Kier molecular flexibility index (Phi) is 3.49. The maximum Gasteiger partial charge on any atom is 0.283 e. The SMILES string of the molecule is O=C1C(=Cc2c([N+](=O)[O-])cccc2[N+](=O)[O-])C(=O)c2ccccc21. The first-order valence-electron chi connectivity index (χ1n) is 6.73. The van der Waals surface area contributed by atoms with E-state index in [-0.39, 0.29) is 22.3 Å². The van der Waals surface area contributed by atoms with Crippen molar-refractivity contribution in [2.75, 3.05) is 0 Å². The molecular weight excluding hydrogens is 316 g/mol. The zero-order valence-corrected chi connectivity index (χ0v) is 12.0. The van der Waals surface area contributed by atoms with Crippen LogP contribution in [0, 0.1) is 20.2 Å². The van der Waals surface area contributed by atoms with Crippen LogP contribution < -0.4 is 0 Å². The number of fused-ring (bicyclic) bond motifs is 1. The smallest absolute Gasteiger partial charge is 0.283 e. The summed E-state index contributed by atoms with van der Waals surface area (Å²) in [5.41, 5.74) is -1.45. The van der Waals surface area contributed by atoms with Crippen LogP contribution in [0.1, 0.15) is 26.3 Å². The van der Waals surface area contributed by atoms with Crippen LogP contribution >= 0.6 is 0 Å². The fourth-order valence-corrected chi connectivity index (χ4v) is 2.56. The summed E-state index contributed by atoms with van der Waals surface area (Å²) in [6.45, 7) is 0. The summed E-state index contributed by atoms with van der Waals surface area (Å²) in [5, 5.41) is 22.3. The third kappa shape index (κ3) is 2.26. The predicted molar refractivity (Wildman–Crippen MR) is 82.8 cm³/mol. The van der Waals surface area contributed by atoms with Gasteiger partial charge in [0.25, 0.3) is 11.4 Å². The van der Waals surface area contributed by atoms with Crippen molar-refractivity contribution in [3.05, 3.63) is 85.0 Å². The highest BCUT2D eigenvalue weighted by atomic mass is 16.6. The third-order valence-corrected chi connectivity index (χ3v) is 3.65. The molecule has 0 N–H and O–H groups in total. The van der Waals surface area contributed by atoms with E-state index >= 15 is 0 Å². The molecule has 0 heterocycles. The molecule has 3 rings (SSSR count). The molecule has 0 radical (unpaired) electrons. The van der Waals surface area contributed by atoms with Crippen LogP contribution in [0.3, 0.4) is 0 Å². The molecule has 0 aromatic heterocycles. The highest BCUT2D eigenvalue weighted by molar-refractivity contribution is 6.41. The van der Waals surface area contributed by atoms with E-state index in [1.165, 1.54) is 18.2 Å². The fraction of sp³-hybridized carbons (Fsp3) is 0. The molecule has 0 amide bonds. The number of benzene rings is 2. The maximum atomic E-state index is 12.3. The van der Waals surface area contributed by atoms with E-state index in [0.29, 0.717) is 0 Å². The number of carbonyl (C=O) groups excluding carboxylic acids is 2. The second-order valence-corrected chi connectivity index (χ2v) is 4.99. The molecule has 1 aliphatic rings. The van der Waals surface area contributed by atoms with Crippen LogP contribution in [0.5, 0.6) is 0 Å². The van der Waals surface area contributed by atoms with E-state index in [1.807, 2.05) is 0 Å². The normalized spacial score (nSPS) is 12.9. The number of hydrogen-bond donors (Lipinski definition) is 0. The highest BCUT2D eigenvalue weighted by Crippen LogP contribution is 2.34. The van der Waals surface area contributed by atoms with E-state index in [9.17, 15) is 29.8 Å². The van der Waals surface area contributed by atoms with Gasteiger partial charge in [-0.1, -0.05) is 24.3 Å². The molecule has 118 valence electrons. The van der Waals surface area contributed by atoms with Crippen LogP contribution in [0.25, 0.3) is 6.08 Å². The molecular formula is C16H8N2O6. The number of ketones is 2. The van der Waals surface area contributed by atoms with Crippen LogP contribution in [-0.2, 0) is 0 Å². The van der Waals surface area contributed by atoms with Gasteiger partial charge >= 0.3 is 0 Å². The molecule has 1 aliphatic carbocycles. The van der Waals surface area contributed by atoms with Gasteiger partial charge in [0.05, 0.1) is 15.4 Å². The Balaban J connectivity index is 2.24. The first kappa shape index (κ1) is 15.2. The molecule has 0 saturated carbocycles. The summed E-state index contributed by atoms with van der Waals surface area (Å²) in [5.74, 6) is -1.22. The Hall–Kier alpha value is -3.68. The van der Waals surface area contributed by atoms with Gasteiger partial charge in [0, 0.05) is 23.3 Å². The van der Waals surface area contributed by atoms with Crippen molar-refractivity contribution in [1.82, 2.24) is 0 Å². The zero-order valence-electron chi connectivity index (χ0n) is 12.0. The van der Waals surface area contributed by atoms with Gasteiger partial charge in [-0.2, -0.15) is 0 Å². The largest absolute Gasteiger partial charge is 0.288 e. The van der Waals surface area contributed by atoms with Gasteiger partial charge in [-0.15, -0.1) is 0 Å². The van der Waals surface area contributed by atoms with Crippen molar-refractivity contribution >= 4 is 29.0 Å². The lowest BCUT2D eigenvalue weighted by molar-refractivity contribution is -0.394. The molecule has 8 heteroatoms. The molecule has 0 atom stereocenters. The summed E-state index contributed by atoms with van der Waals surface area (Å²) >= 11 is 0. The minimum absolute atomic E-state index is 0.176. The van der Waals surface area contributed by atoms with Crippen molar-refractivity contribution in [3.8, 4) is 0 Å². The molecule has 0 aliphatic heterocycles. The van der Waals surface area contributed by atoms with Gasteiger partial charge in [-0.3, -0.25) is 29.8 Å². The molecule has 8 nitrogen and oxygen atoms in total. The summed E-state index contributed by atoms with van der Waals surface area (Å²) in [6, 6.07) is 9.42. The molecule has 0 saturated heterocycles. The first-order valence-corrected chi connectivity index (χ1v) is 6.73. The second kappa shape index (κ2) is 5.51. The molecule has 2 aromatic carbocycles. The van der Waals surface area contributed by atoms with Gasteiger partial charge in [0.1, 0.15) is 5.56 Å². The monoisotopic (exact) mass is 324 g/mol. The number of Topliss-reactive ketones (excluding diaryl/α,β-unsaturated/α-hetero) is 2. The standard InChI is InChI=1S/C16H8N2O6/c19-15-9-4-1-2-5-10(9)16(20)12(15)8-11-13(17(21)22)6-3-7-14(11)18(23)24/h1-8H. The summed E-state index contributed by atoms with van der Waals surface area (Å²) < 4.78 is 0. The average molecular weight is 324 g/mol. The van der Waals surface area contributed by atoms with Gasteiger partial charge in [0.2, 0.25) is 0 Å². The van der Waals surface area contributed by atoms with Crippen molar-refractivity contribution in [1.29, 1.82) is 0 Å². The van der Waals surface area contributed by atoms with E-state index in [4.69, 9.17) is 0 Å². The quantitative estimate of drug-likeness (QED) is 0.370. The number of carbonyl (C=O) groups is 2. The van der Waals surface area contributed by atoms with Crippen molar-refractivity contribution in [2.24, 2.45) is 0 Å². The Bertz CT molecular complexity index is 892. The third-order valence-electron chi connectivity index (χ3n) is 3.65. The predicted octanol–water partition coefficient (Wildman–Crippen LogP) is 2.97. The van der Waals surface area contributed by atoms with Crippen LogP contribution in [0.2, 0.25) is 0 Å².